The highest BCUT2D eigenvalue weighted by Crippen LogP contribution is 2.24. The summed E-state index contributed by atoms with van der Waals surface area (Å²) in [6.07, 6.45) is 2.65. The molecule has 3 aromatic rings. The number of aromatic amines is 1. The number of fused-ring (bicyclic) bond motifs is 1. The Bertz CT molecular complexity index is 695. The average molecular weight is 236 g/mol. The molecule has 18 heavy (non-hydrogen) atoms. The fourth-order valence-electron chi connectivity index (χ4n) is 2.43. The van der Waals surface area contributed by atoms with Gasteiger partial charge in [0.25, 0.3) is 0 Å². The van der Waals surface area contributed by atoms with Gasteiger partial charge in [0, 0.05) is 12.1 Å². The van der Waals surface area contributed by atoms with Crippen LogP contribution in [0.15, 0.2) is 42.7 Å². The van der Waals surface area contributed by atoms with Gasteiger partial charge in [0.2, 0.25) is 0 Å². The van der Waals surface area contributed by atoms with Gasteiger partial charge >= 0.3 is 0 Å². The first kappa shape index (κ1) is 11.0. The summed E-state index contributed by atoms with van der Waals surface area (Å²) in [5.41, 5.74) is 4.95. The monoisotopic (exact) mass is 236 g/mol. The lowest BCUT2D eigenvalue weighted by molar-refractivity contribution is 1.09. The number of hydrogen-bond donors (Lipinski definition) is 1. The molecule has 1 aromatic heterocycles. The number of aromatic nitrogens is 2. The number of H-pyrrole nitrogens is 1. The molecule has 1 heterocycles. The summed E-state index contributed by atoms with van der Waals surface area (Å²) in [6.45, 7) is 4.23. The van der Waals surface area contributed by atoms with E-state index < -0.39 is 0 Å². The van der Waals surface area contributed by atoms with E-state index in [1.807, 2.05) is 0 Å². The van der Waals surface area contributed by atoms with Crippen molar-refractivity contribution >= 4 is 10.8 Å². The number of imidazole rings is 1. The molecule has 0 fully saturated rings. The molecule has 0 radical (unpaired) electrons. The molecule has 0 aliphatic rings. The van der Waals surface area contributed by atoms with Gasteiger partial charge < -0.3 is 4.98 Å². The quantitative estimate of drug-likeness (QED) is 0.721. The molecule has 0 unspecified atom stereocenters. The summed E-state index contributed by atoms with van der Waals surface area (Å²) in [5, 5.41) is 2.67. The molecule has 0 aliphatic heterocycles. The Morgan fingerprint density at radius 1 is 1.00 bits per heavy atom. The minimum absolute atomic E-state index is 0.885. The third-order valence-electron chi connectivity index (χ3n) is 3.52. The Hall–Kier alpha value is -2.09. The Morgan fingerprint density at radius 3 is 2.56 bits per heavy atom. The Morgan fingerprint density at radius 2 is 1.78 bits per heavy atom. The highest BCUT2D eigenvalue weighted by molar-refractivity contribution is 5.88. The van der Waals surface area contributed by atoms with Gasteiger partial charge in [-0.05, 0) is 35.7 Å². The van der Waals surface area contributed by atoms with Crippen LogP contribution >= 0.6 is 0 Å². The molecular formula is C16H16N2. The largest absolute Gasteiger partial charge is 0.348 e. The van der Waals surface area contributed by atoms with Crippen molar-refractivity contribution in [1.29, 1.82) is 0 Å². The molecule has 2 heteroatoms. The van der Waals surface area contributed by atoms with E-state index >= 15 is 0 Å². The molecule has 0 amide bonds. The number of benzene rings is 2. The zero-order chi connectivity index (χ0) is 12.5. The highest BCUT2D eigenvalue weighted by atomic mass is 14.9. The van der Waals surface area contributed by atoms with Crippen LogP contribution in [0, 0.1) is 13.8 Å². The summed E-state index contributed by atoms with van der Waals surface area (Å²) in [5.74, 6) is 0. The lowest BCUT2D eigenvalue weighted by Crippen LogP contribution is -1.93. The van der Waals surface area contributed by atoms with Gasteiger partial charge in [-0.2, -0.15) is 0 Å². The minimum Gasteiger partial charge on any atom is -0.348 e. The Balaban J connectivity index is 2.13. The molecule has 0 saturated heterocycles. The predicted octanol–water partition coefficient (Wildman–Crippen LogP) is 3.77. The van der Waals surface area contributed by atoms with Gasteiger partial charge in [0.1, 0.15) is 0 Å². The van der Waals surface area contributed by atoms with Gasteiger partial charge in [-0.3, -0.25) is 0 Å². The standard InChI is InChI=1S/C16H16N2/c1-11-5-3-8-15-13(6-4-7-14(11)15)9-16-12(2)17-10-18-16/h3-8,10H,9H2,1-2H3,(H,17,18). The number of nitrogens with one attached hydrogen (secondary N) is 1. The van der Waals surface area contributed by atoms with Crippen molar-refractivity contribution in [1.82, 2.24) is 9.97 Å². The minimum atomic E-state index is 0.885. The molecule has 2 nitrogen and oxygen atoms in total. The van der Waals surface area contributed by atoms with Crippen LogP contribution < -0.4 is 0 Å². The SMILES string of the molecule is Cc1[nH]cnc1Cc1cccc2c(C)cccc12. The fraction of sp³-hybridized carbons (Fsp3) is 0.188. The summed E-state index contributed by atoms with van der Waals surface area (Å²) in [7, 11) is 0. The van der Waals surface area contributed by atoms with Crippen LogP contribution in [-0.2, 0) is 6.42 Å². The molecule has 0 saturated carbocycles. The molecule has 1 N–H and O–H groups in total. The Kier molecular flexibility index (Phi) is 2.63. The summed E-state index contributed by atoms with van der Waals surface area (Å²) in [6, 6.07) is 13.0. The maximum atomic E-state index is 4.38. The van der Waals surface area contributed by atoms with Gasteiger partial charge in [-0.15, -0.1) is 0 Å². The molecule has 0 bridgehead atoms. The van der Waals surface area contributed by atoms with E-state index in [-0.39, 0.29) is 0 Å². The van der Waals surface area contributed by atoms with Crippen LogP contribution in [0.1, 0.15) is 22.5 Å². The molecule has 2 aromatic carbocycles. The van der Waals surface area contributed by atoms with Gasteiger partial charge in [-0.25, -0.2) is 4.98 Å². The number of aryl methyl sites for hydroxylation is 2. The van der Waals surface area contributed by atoms with E-state index in [0.29, 0.717) is 0 Å². The number of nitrogens with zero attached hydrogens (tertiary/aromatic N) is 1. The zero-order valence-corrected chi connectivity index (χ0v) is 10.7. The number of rotatable bonds is 2. The lowest BCUT2D eigenvalue weighted by atomic mass is 9.98. The second kappa shape index (κ2) is 4.30. The van der Waals surface area contributed by atoms with Crippen molar-refractivity contribution in [2.45, 2.75) is 20.3 Å². The van der Waals surface area contributed by atoms with Gasteiger partial charge in [-0.1, -0.05) is 36.4 Å². The smallest absolute Gasteiger partial charge is 0.0925 e. The molecular weight excluding hydrogens is 220 g/mol. The third kappa shape index (κ3) is 1.80. The predicted molar refractivity (Wildman–Crippen MR) is 74.8 cm³/mol. The molecule has 0 spiro atoms. The lowest BCUT2D eigenvalue weighted by Gasteiger charge is -2.07. The topological polar surface area (TPSA) is 28.7 Å². The first-order valence-electron chi connectivity index (χ1n) is 6.22. The Labute approximate surface area is 107 Å². The van der Waals surface area contributed by atoms with E-state index in [2.05, 4.69) is 60.2 Å². The summed E-state index contributed by atoms with van der Waals surface area (Å²) >= 11 is 0. The molecule has 0 aliphatic carbocycles. The average Bonchev–Trinajstić information content (AvgIpc) is 2.77. The second-order valence-corrected chi connectivity index (χ2v) is 4.74. The first-order chi connectivity index (χ1) is 8.75. The van der Waals surface area contributed by atoms with E-state index in [0.717, 1.165) is 17.8 Å². The van der Waals surface area contributed by atoms with E-state index in [1.165, 1.54) is 21.9 Å². The van der Waals surface area contributed by atoms with Crippen molar-refractivity contribution in [3.63, 3.8) is 0 Å². The number of hydrogen-bond acceptors (Lipinski definition) is 1. The van der Waals surface area contributed by atoms with Crippen molar-refractivity contribution in [3.8, 4) is 0 Å². The van der Waals surface area contributed by atoms with E-state index in [1.54, 1.807) is 6.33 Å². The van der Waals surface area contributed by atoms with Crippen molar-refractivity contribution < 1.29 is 0 Å². The summed E-state index contributed by atoms with van der Waals surface area (Å²) in [4.78, 5) is 7.52. The first-order valence-corrected chi connectivity index (χ1v) is 6.22. The van der Waals surface area contributed by atoms with Crippen LogP contribution in [0.25, 0.3) is 10.8 Å². The van der Waals surface area contributed by atoms with Crippen LogP contribution in [0.5, 0.6) is 0 Å². The van der Waals surface area contributed by atoms with Gasteiger partial charge in [0.05, 0.1) is 12.0 Å². The van der Waals surface area contributed by atoms with Gasteiger partial charge in [0.15, 0.2) is 0 Å². The summed E-state index contributed by atoms with van der Waals surface area (Å²) < 4.78 is 0. The molecule has 3 rings (SSSR count). The zero-order valence-electron chi connectivity index (χ0n) is 10.7. The van der Waals surface area contributed by atoms with Crippen LogP contribution in [-0.4, -0.2) is 9.97 Å². The molecule has 0 atom stereocenters. The van der Waals surface area contributed by atoms with Crippen LogP contribution in [0.2, 0.25) is 0 Å². The fourth-order valence-corrected chi connectivity index (χ4v) is 2.43. The normalized spacial score (nSPS) is 11.0. The van der Waals surface area contributed by atoms with E-state index in [9.17, 15) is 0 Å². The van der Waals surface area contributed by atoms with Crippen molar-refractivity contribution in [2.24, 2.45) is 0 Å². The maximum Gasteiger partial charge on any atom is 0.0925 e. The molecule has 90 valence electrons. The van der Waals surface area contributed by atoms with Crippen LogP contribution in [0.3, 0.4) is 0 Å². The van der Waals surface area contributed by atoms with Crippen LogP contribution in [0.4, 0.5) is 0 Å². The highest BCUT2D eigenvalue weighted by Gasteiger charge is 2.06. The second-order valence-electron chi connectivity index (χ2n) is 4.74. The maximum absolute atomic E-state index is 4.38. The third-order valence-corrected chi connectivity index (χ3v) is 3.52. The van der Waals surface area contributed by atoms with Crippen molar-refractivity contribution in [3.05, 3.63) is 65.2 Å². The van der Waals surface area contributed by atoms with E-state index in [4.69, 9.17) is 0 Å². The van der Waals surface area contributed by atoms with Crippen molar-refractivity contribution in [2.75, 3.05) is 0 Å².